The van der Waals surface area contributed by atoms with Crippen molar-refractivity contribution in [1.82, 2.24) is 0 Å². The summed E-state index contributed by atoms with van der Waals surface area (Å²) >= 11 is 0. The lowest BCUT2D eigenvalue weighted by atomic mass is 9.78. The quantitative estimate of drug-likeness (QED) is 0.744. The Labute approximate surface area is 108 Å². The standard InChI is InChI=1S/C15H22O3/c1-14(2)5-10-12(6-14)15(3,17)4-9-7-18-8-11(9)13(10)16/h7-8,10,12-13,16-17H,4-6H2,1-3H3/t10-,12-,13-,15+/m0/s1. The van der Waals surface area contributed by atoms with Gasteiger partial charge in [0.2, 0.25) is 0 Å². The third-order valence-electron chi connectivity index (χ3n) is 4.93. The minimum absolute atomic E-state index is 0.133. The Bertz CT molecular complexity index is 458. The Balaban J connectivity index is 2.06. The Kier molecular flexibility index (Phi) is 2.46. The van der Waals surface area contributed by atoms with E-state index in [1.165, 1.54) is 0 Å². The van der Waals surface area contributed by atoms with Crippen molar-refractivity contribution in [3.63, 3.8) is 0 Å². The van der Waals surface area contributed by atoms with Crippen LogP contribution in [0.1, 0.15) is 50.8 Å². The van der Waals surface area contributed by atoms with Crippen LogP contribution in [0.5, 0.6) is 0 Å². The first-order valence-corrected chi connectivity index (χ1v) is 6.76. The molecule has 3 rings (SSSR count). The van der Waals surface area contributed by atoms with Gasteiger partial charge < -0.3 is 14.6 Å². The second-order valence-corrected chi connectivity index (χ2v) is 7.17. The molecule has 1 aromatic heterocycles. The number of rotatable bonds is 0. The minimum Gasteiger partial charge on any atom is -0.472 e. The second kappa shape index (κ2) is 3.61. The molecule has 3 nitrogen and oxygen atoms in total. The zero-order valence-electron chi connectivity index (χ0n) is 11.3. The fourth-order valence-electron chi connectivity index (χ4n) is 4.11. The van der Waals surface area contributed by atoms with E-state index in [9.17, 15) is 10.2 Å². The predicted molar refractivity (Wildman–Crippen MR) is 68.0 cm³/mol. The molecule has 0 aliphatic heterocycles. The topological polar surface area (TPSA) is 53.6 Å². The molecule has 0 spiro atoms. The van der Waals surface area contributed by atoms with Gasteiger partial charge in [-0.25, -0.2) is 0 Å². The number of hydrogen-bond acceptors (Lipinski definition) is 3. The molecule has 2 N–H and O–H groups in total. The van der Waals surface area contributed by atoms with Gasteiger partial charge in [-0.15, -0.1) is 0 Å². The normalized spacial score (nSPS) is 42.2. The summed E-state index contributed by atoms with van der Waals surface area (Å²) in [6.45, 7) is 6.35. The summed E-state index contributed by atoms with van der Waals surface area (Å²) < 4.78 is 5.22. The van der Waals surface area contributed by atoms with Gasteiger partial charge in [0.25, 0.3) is 0 Å². The highest BCUT2D eigenvalue weighted by molar-refractivity contribution is 5.29. The van der Waals surface area contributed by atoms with Crippen LogP contribution >= 0.6 is 0 Å². The smallest absolute Gasteiger partial charge is 0.0963 e. The summed E-state index contributed by atoms with van der Waals surface area (Å²) in [6.07, 6.45) is 5.32. The zero-order valence-corrected chi connectivity index (χ0v) is 11.3. The number of aliphatic hydroxyl groups is 2. The number of hydrogen-bond donors (Lipinski definition) is 2. The first-order chi connectivity index (χ1) is 8.30. The molecule has 0 amide bonds. The van der Waals surface area contributed by atoms with Gasteiger partial charge in [0.15, 0.2) is 0 Å². The van der Waals surface area contributed by atoms with Gasteiger partial charge in [-0.2, -0.15) is 0 Å². The molecule has 4 atom stereocenters. The van der Waals surface area contributed by atoms with Crippen LogP contribution in [0, 0.1) is 17.3 Å². The first-order valence-electron chi connectivity index (χ1n) is 6.76. The van der Waals surface area contributed by atoms with Crippen LogP contribution in [0.3, 0.4) is 0 Å². The molecular weight excluding hydrogens is 228 g/mol. The van der Waals surface area contributed by atoms with Crippen molar-refractivity contribution in [2.75, 3.05) is 0 Å². The highest BCUT2D eigenvalue weighted by Gasteiger charge is 2.52. The monoisotopic (exact) mass is 250 g/mol. The lowest BCUT2D eigenvalue weighted by Crippen LogP contribution is -2.38. The maximum absolute atomic E-state index is 10.8. The maximum atomic E-state index is 10.8. The molecule has 3 heteroatoms. The Morgan fingerprint density at radius 2 is 1.94 bits per heavy atom. The average Bonchev–Trinajstić information content (AvgIpc) is 2.79. The van der Waals surface area contributed by atoms with Gasteiger partial charge in [-0.1, -0.05) is 13.8 Å². The van der Waals surface area contributed by atoms with Crippen molar-refractivity contribution in [3.8, 4) is 0 Å². The molecular formula is C15H22O3. The van der Waals surface area contributed by atoms with E-state index in [0.717, 1.165) is 24.0 Å². The van der Waals surface area contributed by atoms with Crippen LogP contribution < -0.4 is 0 Å². The number of aliphatic hydroxyl groups excluding tert-OH is 1. The molecule has 18 heavy (non-hydrogen) atoms. The van der Waals surface area contributed by atoms with E-state index < -0.39 is 11.7 Å². The number of furan rings is 1. The summed E-state index contributed by atoms with van der Waals surface area (Å²) in [7, 11) is 0. The van der Waals surface area contributed by atoms with E-state index in [1.807, 2.05) is 6.92 Å². The van der Waals surface area contributed by atoms with Crippen molar-refractivity contribution in [2.24, 2.45) is 17.3 Å². The minimum atomic E-state index is -0.755. The summed E-state index contributed by atoms with van der Waals surface area (Å²) in [4.78, 5) is 0. The molecule has 0 radical (unpaired) electrons. The van der Waals surface area contributed by atoms with Crippen LogP contribution in [-0.2, 0) is 6.42 Å². The fraction of sp³-hybridized carbons (Fsp3) is 0.733. The largest absolute Gasteiger partial charge is 0.472 e. The Morgan fingerprint density at radius 3 is 2.67 bits per heavy atom. The molecule has 0 aromatic carbocycles. The Hall–Kier alpha value is -0.800. The van der Waals surface area contributed by atoms with Crippen LogP contribution in [0.2, 0.25) is 0 Å². The predicted octanol–water partition coefficient (Wildman–Crippen LogP) is 2.67. The zero-order chi connectivity index (χ0) is 13.1. The SMILES string of the molecule is CC1(C)C[C@@H]2[C@H](O)c3cocc3C[C@@](C)(O)[C@H]2C1. The van der Waals surface area contributed by atoms with E-state index >= 15 is 0 Å². The van der Waals surface area contributed by atoms with Crippen molar-refractivity contribution in [3.05, 3.63) is 23.7 Å². The van der Waals surface area contributed by atoms with Crippen molar-refractivity contribution < 1.29 is 14.6 Å². The second-order valence-electron chi connectivity index (χ2n) is 7.17. The van der Waals surface area contributed by atoms with Crippen molar-refractivity contribution in [1.29, 1.82) is 0 Å². The third-order valence-corrected chi connectivity index (χ3v) is 4.93. The molecule has 2 aliphatic carbocycles. The van der Waals surface area contributed by atoms with Gasteiger partial charge in [-0.3, -0.25) is 0 Å². The molecule has 1 heterocycles. The molecule has 0 bridgehead atoms. The van der Waals surface area contributed by atoms with E-state index in [1.54, 1.807) is 12.5 Å². The molecule has 0 saturated heterocycles. The average molecular weight is 250 g/mol. The fourth-order valence-corrected chi connectivity index (χ4v) is 4.11. The molecule has 100 valence electrons. The lowest BCUT2D eigenvalue weighted by Gasteiger charge is -2.33. The van der Waals surface area contributed by atoms with E-state index in [4.69, 9.17) is 4.42 Å². The maximum Gasteiger partial charge on any atom is 0.0963 e. The van der Waals surface area contributed by atoms with Gasteiger partial charge in [0, 0.05) is 12.0 Å². The van der Waals surface area contributed by atoms with Gasteiger partial charge in [-0.05, 0) is 42.6 Å². The highest BCUT2D eigenvalue weighted by atomic mass is 16.3. The van der Waals surface area contributed by atoms with Crippen LogP contribution in [-0.4, -0.2) is 15.8 Å². The van der Waals surface area contributed by atoms with E-state index in [-0.39, 0.29) is 17.3 Å². The van der Waals surface area contributed by atoms with E-state index in [0.29, 0.717) is 6.42 Å². The molecule has 1 aromatic rings. The summed E-state index contributed by atoms with van der Waals surface area (Å²) in [6, 6.07) is 0. The van der Waals surface area contributed by atoms with E-state index in [2.05, 4.69) is 13.8 Å². The molecule has 0 unspecified atom stereocenters. The highest BCUT2D eigenvalue weighted by Crippen LogP contribution is 2.56. The van der Waals surface area contributed by atoms with Crippen LogP contribution in [0.15, 0.2) is 16.9 Å². The van der Waals surface area contributed by atoms with Crippen molar-refractivity contribution >= 4 is 0 Å². The number of fused-ring (bicyclic) bond motifs is 2. The van der Waals surface area contributed by atoms with Crippen LogP contribution in [0.4, 0.5) is 0 Å². The summed E-state index contributed by atoms with van der Waals surface area (Å²) in [5, 5.41) is 21.4. The third kappa shape index (κ3) is 1.72. The lowest BCUT2D eigenvalue weighted by molar-refractivity contribution is -0.0392. The van der Waals surface area contributed by atoms with Gasteiger partial charge in [0.1, 0.15) is 0 Å². The summed E-state index contributed by atoms with van der Waals surface area (Å²) in [5.74, 6) is 0.295. The van der Waals surface area contributed by atoms with Crippen LogP contribution in [0.25, 0.3) is 0 Å². The molecule has 1 fully saturated rings. The Morgan fingerprint density at radius 1 is 1.22 bits per heavy atom. The first kappa shape index (κ1) is 12.2. The molecule has 2 aliphatic rings. The van der Waals surface area contributed by atoms with Gasteiger partial charge >= 0.3 is 0 Å². The summed E-state index contributed by atoms with van der Waals surface area (Å²) in [5.41, 5.74) is 1.27. The molecule has 1 saturated carbocycles. The van der Waals surface area contributed by atoms with Crippen molar-refractivity contribution in [2.45, 2.75) is 51.7 Å². The van der Waals surface area contributed by atoms with Gasteiger partial charge in [0.05, 0.1) is 24.2 Å².